The van der Waals surface area contributed by atoms with Crippen molar-refractivity contribution in [1.82, 2.24) is 0 Å². The number of rotatable bonds is 5. The number of carbonyl (C=O) groups is 1. The number of unbranched alkanes of at least 4 members (excludes halogenated alkanes) is 3. The van der Waals surface area contributed by atoms with E-state index in [1.165, 1.54) is 37.7 Å². The van der Waals surface area contributed by atoms with Gasteiger partial charge in [-0.15, -0.1) is 0 Å². The minimum Gasteiger partial charge on any atom is -0.295 e. The molecule has 0 spiro atoms. The molecule has 0 aromatic carbocycles. The van der Waals surface area contributed by atoms with E-state index in [9.17, 15) is 4.79 Å². The number of allylic oxidation sites excluding steroid dienone is 2. The second-order valence-corrected chi connectivity index (χ2v) is 4.58. The van der Waals surface area contributed by atoms with Gasteiger partial charge in [-0.3, -0.25) is 4.79 Å². The molecule has 1 aliphatic carbocycles. The Morgan fingerprint density at radius 2 is 2.07 bits per heavy atom. The van der Waals surface area contributed by atoms with E-state index < -0.39 is 0 Å². The van der Waals surface area contributed by atoms with Crippen molar-refractivity contribution in [2.75, 3.05) is 0 Å². The Morgan fingerprint density at radius 3 is 2.71 bits per heavy atom. The lowest BCUT2D eigenvalue weighted by Crippen LogP contribution is -2.13. The molecule has 0 aliphatic heterocycles. The van der Waals surface area contributed by atoms with E-state index in [1.54, 1.807) is 0 Å². The minimum absolute atomic E-state index is 0.342. The zero-order chi connectivity index (χ0) is 10.4. The molecule has 1 rings (SSSR count). The molecule has 1 heteroatoms. The Morgan fingerprint density at radius 1 is 1.29 bits per heavy atom. The Kier molecular flexibility index (Phi) is 4.92. The van der Waals surface area contributed by atoms with Crippen molar-refractivity contribution in [1.29, 1.82) is 0 Å². The van der Waals surface area contributed by atoms with Crippen molar-refractivity contribution in [3.8, 4) is 0 Å². The molecule has 14 heavy (non-hydrogen) atoms. The fraction of sp³-hybridized carbons (Fsp3) is 0.769. The van der Waals surface area contributed by atoms with Crippen LogP contribution in [0.2, 0.25) is 0 Å². The predicted molar refractivity (Wildman–Crippen MR) is 60.2 cm³/mol. The summed E-state index contributed by atoms with van der Waals surface area (Å²) in [7, 11) is 0. The molecule has 0 saturated heterocycles. The maximum Gasteiger partial charge on any atom is 0.155 e. The third kappa shape index (κ3) is 4.08. The molecule has 0 fully saturated rings. The van der Waals surface area contributed by atoms with Crippen molar-refractivity contribution >= 4 is 5.78 Å². The van der Waals surface area contributed by atoms with Gasteiger partial charge in [-0.2, -0.15) is 0 Å². The minimum atomic E-state index is 0.342. The van der Waals surface area contributed by atoms with E-state index in [2.05, 4.69) is 13.8 Å². The van der Waals surface area contributed by atoms with E-state index >= 15 is 0 Å². The highest BCUT2D eigenvalue weighted by atomic mass is 16.1. The van der Waals surface area contributed by atoms with Crippen molar-refractivity contribution in [2.45, 2.75) is 58.8 Å². The molecule has 0 unspecified atom stereocenters. The average Bonchev–Trinajstić information content (AvgIpc) is 2.11. The molecular formula is C13H22O. The second kappa shape index (κ2) is 6.00. The molecule has 0 aromatic rings. The van der Waals surface area contributed by atoms with Gasteiger partial charge in [0.1, 0.15) is 0 Å². The van der Waals surface area contributed by atoms with Crippen LogP contribution >= 0.6 is 0 Å². The fourth-order valence-corrected chi connectivity index (χ4v) is 2.27. The van der Waals surface area contributed by atoms with E-state index in [0.29, 0.717) is 11.7 Å². The van der Waals surface area contributed by atoms with Crippen molar-refractivity contribution in [2.24, 2.45) is 5.92 Å². The van der Waals surface area contributed by atoms with Gasteiger partial charge in [0.05, 0.1) is 0 Å². The Bertz CT molecular complexity index is 215. The van der Waals surface area contributed by atoms with Gasteiger partial charge in [-0.1, -0.05) is 38.2 Å². The van der Waals surface area contributed by atoms with Crippen LogP contribution in [0.4, 0.5) is 0 Å². The van der Waals surface area contributed by atoms with Crippen LogP contribution in [0.5, 0.6) is 0 Å². The molecule has 1 aliphatic rings. The first-order valence-corrected chi connectivity index (χ1v) is 5.92. The zero-order valence-corrected chi connectivity index (χ0v) is 9.51. The summed E-state index contributed by atoms with van der Waals surface area (Å²) < 4.78 is 0. The molecule has 0 saturated carbocycles. The van der Waals surface area contributed by atoms with Gasteiger partial charge in [0.15, 0.2) is 5.78 Å². The van der Waals surface area contributed by atoms with Gasteiger partial charge in [-0.05, 0) is 31.8 Å². The third-order valence-electron chi connectivity index (χ3n) is 2.97. The maximum absolute atomic E-state index is 11.3. The molecule has 0 radical (unpaired) electrons. The first kappa shape index (κ1) is 11.5. The number of carbonyl (C=O) groups excluding carboxylic acids is 1. The Balaban J connectivity index is 2.20. The average molecular weight is 194 g/mol. The van der Waals surface area contributed by atoms with Gasteiger partial charge < -0.3 is 0 Å². The van der Waals surface area contributed by atoms with Crippen molar-refractivity contribution in [3.63, 3.8) is 0 Å². The highest BCUT2D eigenvalue weighted by Gasteiger charge is 2.17. The predicted octanol–water partition coefficient (Wildman–Crippen LogP) is 3.88. The van der Waals surface area contributed by atoms with E-state index in [-0.39, 0.29) is 0 Å². The topological polar surface area (TPSA) is 17.1 Å². The fourth-order valence-electron chi connectivity index (χ4n) is 2.27. The summed E-state index contributed by atoms with van der Waals surface area (Å²) in [5, 5.41) is 0. The molecule has 1 atom stereocenters. The monoisotopic (exact) mass is 194 g/mol. The van der Waals surface area contributed by atoms with E-state index in [1.807, 2.05) is 6.08 Å². The Labute approximate surface area is 87.6 Å². The molecule has 1 nitrogen and oxygen atoms in total. The van der Waals surface area contributed by atoms with E-state index in [0.717, 1.165) is 12.8 Å². The largest absolute Gasteiger partial charge is 0.295 e. The molecule has 0 heterocycles. The molecule has 0 amide bonds. The highest BCUT2D eigenvalue weighted by Crippen LogP contribution is 2.26. The summed E-state index contributed by atoms with van der Waals surface area (Å²) in [6, 6.07) is 0. The summed E-state index contributed by atoms with van der Waals surface area (Å²) in [6.07, 6.45) is 10.3. The van der Waals surface area contributed by atoms with Crippen LogP contribution in [0.1, 0.15) is 58.8 Å². The first-order chi connectivity index (χ1) is 6.72. The smallest absolute Gasteiger partial charge is 0.155 e. The maximum atomic E-state index is 11.3. The molecule has 0 aromatic heterocycles. The third-order valence-corrected chi connectivity index (χ3v) is 2.97. The molecule has 80 valence electrons. The lowest BCUT2D eigenvalue weighted by Gasteiger charge is -2.19. The Hall–Kier alpha value is -0.590. The first-order valence-electron chi connectivity index (χ1n) is 5.92. The summed E-state index contributed by atoms with van der Waals surface area (Å²) in [5.74, 6) is 0.985. The summed E-state index contributed by atoms with van der Waals surface area (Å²) in [5.41, 5.74) is 1.28. The van der Waals surface area contributed by atoms with Crippen LogP contribution < -0.4 is 0 Å². The highest BCUT2D eigenvalue weighted by molar-refractivity contribution is 5.91. The SMILES string of the molecule is CCCCCC[C@H]1CC(=O)C=C(C)C1. The van der Waals surface area contributed by atoms with Gasteiger partial charge >= 0.3 is 0 Å². The zero-order valence-electron chi connectivity index (χ0n) is 9.51. The van der Waals surface area contributed by atoms with Gasteiger partial charge in [0, 0.05) is 6.42 Å². The number of hydrogen-bond acceptors (Lipinski definition) is 1. The normalized spacial score (nSPS) is 22.3. The summed E-state index contributed by atoms with van der Waals surface area (Å²) in [4.78, 5) is 11.3. The summed E-state index contributed by atoms with van der Waals surface area (Å²) >= 11 is 0. The second-order valence-electron chi connectivity index (χ2n) is 4.58. The van der Waals surface area contributed by atoms with Gasteiger partial charge in [-0.25, -0.2) is 0 Å². The van der Waals surface area contributed by atoms with Crippen LogP contribution in [0.15, 0.2) is 11.6 Å². The van der Waals surface area contributed by atoms with Crippen molar-refractivity contribution < 1.29 is 4.79 Å². The van der Waals surface area contributed by atoms with Crippen LogP contribution in [-0.4, -0.2) is 5.78 Å². The van der Waals surface area contributed by atoms with Gasteiger partial charge in [0.25, 0.3) is 0 Å². The molecule has 0 bridgehead atoms. The van der Waals surface area contributed by atoms with Crippen LogP contribution in [0.25, 0.3) is 0 Å². The number of ketones is 1. The van der Waals surface area contributed by atoms with E-state index in [4.69, 9.17) is 0 Å². The standard InChI is InChI=1S/C13H22O/c1-3-4-5-6-7-12-8-11(2)9-13(14)10-12/h9,12H,3-8,10H2,1-2H3/t12-/m1/s1. The number of hydrogen-bond donors (Lipinski definition) is 0. The van der Waals surface area contributed by atoms with Crippen LogP contribution in [-0.2, 0) is 4.79 Å². The van der Waals surface area contributed by atoms with Gasteiger partial charge in [0.2, 0.25) is 0 Å². The lowest BCUT2D eigenvalue weighted by atomic mass is 9.85. The summed E-state index contributed by atoms with van der Waals surface area (Å²) in [6.45, 7) is 4.31. The van der Waals surface area contributed by atoms with Crippen LogP contribution in [0, 0.1) is 5.92 Å². The lowest BCUT2D eigenvalue weighted by molar-refractivity contribution is -0.116. The molecule has 0 N–H and O–H groups in total. The van der Waals surface area contributed by atoms with Crippen LogP contribution in [0.3, 0.4) is 0 Å². The van der Waals surface area contributed by atoms with Crippen molar-refractivity contribution in [3.05, 3.63) is 11.6 Å². The molecular weight excluding hydrogens is 172 g/mol. The quantitative estimate of drug-likeness (QED) is 0.607.